The SMILES string of the molecule is O=c1cnccn1Cc1ccc(Br)s1. The van der Waals surface area contributed by atoms with Crippen LogP contribution >= 0.6 is 27.3 Å². The van der Waals surface area contributed by atoms with Gasteiger partial charge in [0.25, 0.3) is 5.56 Å². The van der Waals surface area contributed by atoms with Gasteiger partial charge >= 0.3 is 0 Å². The van der Waals surface area contributed by atoms with E-state index in [1.807, 2.05) is 12.1 Å². The third-order valence-electron chi connectivity index (χ3n) is 1.76. The van der Waals surface area contributed by atoms with Crippen molar-refractivity contribution in [1.29, 1.82) is 0 Å². The second-order valence-corrected chi connectivity index (χ2v) is 5.30. The van der Waals surface area contributed by atoms with Crippen LogP contribution in [0.4, 0.5) is 0 Å². The summed E-state index contributed by atoms with van der Waals surface area (Å²) in [5.41, 5.74) is -0.0722. The van der Waals surface area contributed by atoms with E-state index in [0.29, 0.717) is 6.54 Å². The lowest BCUT2D eigenvalue weighted by atomic mass is 10.4. The lowest BCUT2D eigenvalue weighted by Crippen LogP contribution is -2.18. The van der Waals surface area contributed by atoms with Crippen LogP contribution in [0.2, 0.25) is 0 Å². The van der Waals surface area contributed by atoms with E-state index in [1.165, 1.54) is 6.20 Å². The summed E-state index contributed by atoms with van der Waals surface area (Å²) in [6, 6.07) is 3.98. The summed E-state index contributed by atoms with van der Waals surface area (Å²) in [7, 11) is 0. The van der Waals surface area contributed by atoms with Crippen LogP contribution in [0.25, 0.3) is 0 Å². The van der Waals surface area contributed by atoms with E-state index in [2.05, 4.69) is 20.9 Å². The van der Waals surface area contributed by atoms with Gasteiger partial charge in [0.2, 0.25) is 0 Å². The molecule has 0 aliphatic rings. The van der Waals surface area contributed by atoms with Crippen molar-refractivity contribution in [2.75, 3.05) is 0 Å². The fraction of sp³-hybridized carbons (Fsp3) is 0.111. The summed E-state index contributed by atoms with van der Waals surface area (Å²) in [5, 5.41) is 0. The lowest BCUT2D eigenvalue weighted by molar-refractivity contribution is 0.758. The minimum Gasteiger partial charge on any atom is -0.307 e. The topological polar surface area (TPSA) is 34.9 Å². The maximum absolute atomic E-state index is 11.3. The van der Waals surface area contributed by atoms with Crippen LogP contribution in [-0.4, -0.2) is 9.55 Å². The molecule has 0 spiro atoms. The van der Waals surface area contributed by atoms with Gasteiger partial charge in [-0.15, -0.1) is 11.3 Å². The summed E-state index contributed by atoms with van der Waals surface area (Å²) < 4.78 is 2.71. The Balaban J connectivity index is 2.27. The fourth-order valence-electron chi connectivity index (χ4n) is 1.11. The van der Waals surface area contributed by atoms with Gasteiger partial charge in [-0.25, -0.2) is 0 Å². The molecule has 0 N–H and O–H groups in total. The number of thiophene rings is 1. The summed E-state index contributed by atoms with van der Waals surface area (Å²) in [6.07, 6.45) is 4.63. The number of hydrogen-bond donors (Lipinski definition) is 0. The van der Waals surface area contributed by atoms with Gasteiger partial charge in [-0.05, 0) is 28.1 Å². The molecule has 0 radical (unpaired) electrons. The Morgan fingerprint density at radius 1 is 1.50 bits per heavy atom. The maximum Gasteiger partial charge on any atom is 0.269 e. The third-order valence-corrected chi connectivity index (χ3v) is 3.36. The zero-order chi connectivity index (χ0) is 9.97. The van der Waals surface area contributed by atoms with Crippen LogP contribution in [-0.2, 0) is 6.54 Å². The average molecular weight is 271 g/mol. The molecule has 72 valence electrons. The molecule has 14 heavy (non-hydrogen) atoms. The first-order valence-electron chi connectivity index (χ1n) is 4.00. The monoisotopic (exact) mass is 270 g/mol. The minimum atomic E-state index is -0.0722. The van der Waals surface area contributed by atoms with E-state index in [4.69, 9.17) is 0 Å². The van der Waals surface area contributed by atoms with Crippen molar-refractivity contribution in [3.8, 4) is 0 Å². The Bertz CT molecular complexity index is 491. The molecule has 2 heterocycles. The molecule has 2 aromatic rings. The second-order valence-electron chi connectivity index (χ2n) is 2.75. The van der Waals surface area contributed by atoms with Crippen molar-refractivity contribution in [2.45, 2.75) is 6.54 Å². The Morgan fingerprint density at radius 3 is 3.00 bits per heavy atom. The highest BCUT2D eigenvalue weighted by Crippen LogP contribution is 2.22. The molecule has 2 aromatic heterocycles. The Labute approximate surface area is 93.2 Å². The van der Waals surface area contributed by atoms with Crippen molar-refractivity contribution in [3.63, 3.8) is 0 Å². The predicted octanol–water partition coefficient (Wildman–Crippen LogP) is 2.12. The molecule has 0 aromatic carbocycles. The standard InChI is InChI=1S/C9H7BrN2OS/c10-8-2-1-7(14-8)6-12-4-3-11-5-9(12)13/h1-5H,6H2. The molecule has 2 rings (SSSR count). The van der Waals surface area contributed by atoms with Crippen molar-refractivity contribution in [2.24, 2.45) is 0 Å². The van der Waals surface area contributed by atoms with E-state index >= 15 is 0 Å². The third kappa shape index (κ3) is 2.10. The van der Waals surface area contributed by atoms with Crippen LogP contribution in [0.3, 0.4) is 0 Å². The molecular weight excluding hydrogens is 264 g/mol. The number of rotatable bonds is 2. The van der Waals surface area contributed by atoms with Crippen molar-refractivity contribution in [3.05, 3.63) is 49.7 Å². The van der Waals surface area contributed by atoms with Gasteiger partial charge in [0, 0.05) is 17.3 Å². The molecular formula is C9H7BrN2OS. The van der Waals surface area contributed by atoms with Crippen LogP contribution in [0.1, 0.15) is 4.88 Å². The molecule has 0 fully saturated rings. The summed E-state index contributed by atoms with van der Waals surface area (Å²) in [5.74, 6) is 0. The van der Waals surface area contributed by atoms with Gasteiger partial charge in [0.15, 0.2) is 0 Å². The van der Waals surface area contributed by atoms with Gasteiger partial charge in [-0.3, -0.25) is 9.78 Å². The van der Waals surface area contributed by atoms with Crippen LogP contribution < -0.4 is 5.56 Å². The van der Waals surface area contributed by atoms with Crippen LogP contribution in [0.15, 0.2) is 39.3 Å². The normalized spacial score (nSPS) is 10.4. The van der Waals surface area contributed by atoms with E-state index < -0.39 is 0 Å². The first kappa shape index (κ1) is 9.61. The number of nitrogens with zero attached hydrogens (tertiary/aromatic N) is 2. The molecule has 0 amide bonds. The van der Waals surface area contributed by atoms with Crippen molar-refractivity contribution >= 4 is 27.3 Å². The largest absolute Gasteiger partial charge is 0.307 e. The summed E-state index contributed by atoms with van der Waals surface area (Å²) >= 11 is 5.01. The van der Waals surface area contributed by atoms with Gasteiger partial charge in [0.1, 0.15) is 0 Å². The molecule has 3 nitrogen and oxygen atoms in total. The Hall–Kier alpha value is -0.940. The quantitative estimate of drug-likeness (QED) is 0.838. The lowest BCUT2D eigenvalue weighted by Gasteiger charge is -2.00. The average Bonchev–Trinajstić information content (AvgIpc) is 2.56. The molecule has 0 aliphatic heterocycles. The Kier molecular flexibility index (Phi) is 2.79. The second kappa shape index (κ2) is 4.06. The molecule has 0 saturated carbocycles. The first-order valence-corrected chi connectivity index (χ1v) is 5.61. The maximum atomic E-state index is 11.3. The van der Waals surface area contributed by atoms with Gasteiger partial charge in [-0.1, -0.05) is 0 Å². The van der Waals surface area contributed by atoms with E-state index in [0.717, 1.165) is 8.66 Å². The zero-order valence-electron chi connectivity index (χ0n) is 7.18. The van der Waals surface area contributed by atoms with Gasteiger partial charge in [0.05, 0.1) is 16.5 Å². The van der Waals surface area contributed by atoms with Crippen LogP contribution in [0, 0.1) is 0 Å². The fourth-order valence-corrected chi connectivity index (χ4v) is 2.59. The van der Waals surface area contributed by atoms with E-state index in [9.17, 15) is 4.79 Å². The highest BCUT2D eigenvalue weighted by atomic mass is 79.9. The zero-order valence-corrected chi connectivity index (χ0v) is 9.59. The first-order chi connectivity index (χ1) is 6.75. The molecule has 0 bridgehead atoms. The molecule has 0 saturated heterocycles. The molecule has 0 aliphatic carbocycles. The summed E-state index contributed by atoms with van der Waals surface area (Å²) in [4.78, 5) is 16.2. The molecule has 5 heteroatoms. The van der Waals surface area contributed by atoms with Gasteiger partial charge < -0.3 is 4.57 Å². The van der Waals surface area contributed by atoms with Crippen molar-refractivity contribution in [1.82, 2.24) is 9.55 Å². The highest BCUT2D eigenvalue weighted by Gasteiger charge is 1.99. The smallest absolute Gasteiger partial charge is 0.269 e. The highest BCUT2D eigenvalue weighted by molar-refractivity contribution is 9.11. The van der Waals surface area contributed by atoms with Crippen molar-refractivity contribution < 1.29 is 0 Å². The van der Waals surface area contributed by atoms with Gasteiger partial charge in [-0.2, -0.15) is 0 Å². The van der Waals surface area contributed by atoms with Crippen LogP contribution in [0.5, 0.6) is 0 Å². The van der Waals surface area contributed by atoms with E-state index in [-0.39, 0.29) is 5.56 Å². The minimum absolute atomic E-state index is 0.0722. The molecule has 0 atom stereocenters. The number of hydrogen-bond acceptors (Lipinski definition) is 3. The number of aromatic nitrogens is 2. The molecule has 0 unspecified atom stereocenters. The number of halogens is 1. The summed E-state index contributed by atoms with van der Waals surface area (Å²) in [6.45, 7) is 0.609. The Morgan fingerprint density at radius 2 is 2.36 bits per heavy atom. The predicted molar refractivity (Wildman–Crippen MR) is 59.6 cm³/mol. The van der Waals surface area contributed by atoms with E-state index in [1.54, 1.807) is 28.3 Å².